The predicted octanol–water partition coefficient (Wildman–Crippen LogP) is 2.90. The van der Waals surface area contributed by atoms with Gasteiger partial charge in [0.1, 0.15) is 0 Å². The van der Waals surface area contributed by atoms with Crippen LogP contribution in [0.5, 0.6) is 0 Å². The molecule has 1 rings (SSSR count). The topological polar surface area (TPSA) is 12.0 Å². The first-order valence-electron chi connectivity index (χ1n) is 5.30. The van der Waals surface area contributed by atoms with E-state index in [1.807, 2.05) is 0 Å². The van der Waals surface area contributed by atoms with E-state index >= 15 is 0 Å². The lowest BCUT2D eigenvalue weighted by Crippen LogP contribution is -2.28. The molecule has 0 aromatic rings. The summed E-state index contributed by atoms with van der Waals surface area (Å²) < 4.78 is 0. The van der Waals surface area contributed by atoms with E-state index < -0.39 is 0 Å². The molecule has 1 heteroatoms. The predicted molar refractivity (Wildman–Crippen MR) is 58.8 cm³/mol. The van der Waals surface area contributed by atoms with Crippen molar-refractivity contribution < 1.29 is 0 Å². The van der Waals surface area contributed by atoms with Gasteiger partial charge in [-0.1, -0.05) is 30.7 Å². The summed E-state index contributed by atoms with van der Waals surface area (Å²) in [6.07, 6.45) is 5.93. The molecule has 13 heavy (non-hydrogen) atoms. The van der Waals surface area contributed by atoms with Crippen molar-refractivity contribution in [3.05, 3.63) is 23.8 Å². The van der Waals surface area contributed by atoms with Gasteiger partial charge in [-0.05, 0) is 45.2 Å². The van der Waals surface area contributed by atoms with Crippen LogP contribution in [0.1, 0.15) is 33.1 Å². The lowest BCUT2D eigenvalue weighted by atomic mass is 9.89. The van der Waals surface area contributed by atoms with Crippen LogP contribution in [0.15, 0.2) is 23.8 Å². The normalized spacial score (nSPS) is 20.3. The standard InChI is InChI=1S/C12H21N/c1-4-10(2)9-11(3)12-5-7-13-8-6-12/h9,12-13H,2,4-8H2,1,3H3/b11-9-. The summed E-state index contributed by atoms with van der Waals surface area (Å²) >= 11 is 0. The van der Waals surface area contributed by atoms with Gasteiger partial charge in [-0.3, -0.25) is 0 Å². The number of rotatable bonds is 3. The molecular weight excluding hydrogens is 158 g/mol. The number of hydrogen-bond donors (Lipinski definition) is 1. The molecule has 1 aliphatic rings. The van der Waals surface area contributed by atoms with E-state index in [9.17, 15) is 0 Å². The van der Waals surface area contributed by atoms with Crippen molar-refractivity contribution in [3.8, 4) is 0 Å². The summed E-state index contributed by atoms with van der Waals surface area (Å²) in [6.45, 7) is 10.8. The minimum absolute atomic E-state index is 0.796. The third-order valence-electron chi connectivity index (χ3n) is 2.87. The smallest absolute Gasteiger partial charge is 0.00432 e. The van der Waals surface area contributed by atoms with E-state index in [0.717, 1.165) is 12.3 Å². The largest absolute Gasteiger partial charge is 0.317 e. The third-order valence-corrected chi connectivity index (χ3v) is 2.87. The van der Waals surface area contributed by atoms with Crippen LogP contribution in [-0.4, -0.2) is 13.1 Å². The summed E-state index contributed by atoms with van der Waals surface area (Å²) in [5.74, 6) is 0.796. The van der Waals surface area contributed by atoms with Gasteiger partial charge >= 0.3 is 0 Å². The minimum atomic E-state index is 0.796. The molecule has 1 aliphatic heterocycles. The second kappa shape index (κ2) is 5.23. The Morgan fingerprint density at radius 2 is 2.08 bits per heavy atom. The molecule has 0 aromatic carbocycles. The zero-order valence-corrected chi connectivity index (χ0v) is 8.90. The van der Waals surface area contributed by atoms with Crippen LogP contribution in [0.25, 0.3) is 0 Å². The molecule has 74 valence electrons. The van der Waals surface area contributed by atoms with E-state index in [1.54, 1.807) is 0 Å². The van der Waals surface area contributed by atoms with Crippen molar-refractivity contribution in [2.75, 3.05) is 13.1 Å². The Balaban J connectivity index is 2.49. The first-order valence-corrected chi connectivity index (χ1v) is 5.30. The van der Waals surface area contributed by atoms with E-state index in [-0.39, 0.29) is 0 Å². The molecule has 1 nitrogen and oxygen atoms in total. The monoisotopic (exact) mass is 179 g/mol. The Labute approximate surface area is 81.9 Å². The average Bonchev–Trinajstić information content (AvgIpc) is 2.19. The summed E-state index contributed by atoms with van der Waals surface area (Å²) in [5, 5.41) is 3.39. The van der Waals surface area contributed by atoms with Gasteiger partial charge in [0, 0.05) is 0 Å². The van der Waals surface area contributed by atoms with Crippen LogP contribution in [0.2, 0.25) is 0 Å². The van der Waals surface area contributed by atoms with Gasteiger partial charge in [0.15, 0.2) is 0 Å². The van der Waals surface area contributed by atoms with Crippen LogP contribution < -0.4 is 5.32 Å². The minimum Gasteiger partial charge on any atom is -0.317 e. The highest BCUT2D eigenvalue weighted by Crippen LogP contribution is 2.22. The summed E-state index contributed by atoms with van der Waals surface area (Å²) in [4.78, 5) is 0. The van der Waals surface area contributed by atoms with Gasteiger partial charge in [-0.2, -0.15) is 0 Å². The van der Waals surface area contributed by atoms with Crippen molar-refractivity contribution in [2.24, 2.45) is 5.92 Å². The summed E-state index contributed by atoms with van der Waals surface area (Å²) in [7, 11) is 0. The maximum absolute atomic E-state index is 4.02. The van der Waals surface area contributed by atoms with E-state index in [1.165, 1.54) is 37.1 Å². The second-order valence-electron chi connectivity index (χ2n) is 3.92. The van der Waals surface area contributed by atoms with Crippen molar-refractivity contribution in [3.63, 3.8) is 0 Å². The lowest BCUT2D eigenvalue weighted by Gasteiger charge is -2.23. The number of hydrogen-bond acceptors (Lipinski definition) is 1. The molecule has 1 heterocycles. The molecule has 1 saturated heterocycles. The van der Waals surface area contributed by atoms with Gasteiger partial charge in [-0.25, -0.2) is 0 Å². The first kappa shape index (κ1) is 10.5. The molecule has 1 N–H and O–H groups in total. The average molecular weight is 179 g/mol. The van der Waals surface area contributed by atoms with Gasteiger partial charge < -0.3 is 5.32 Å². The second-order valence-corrected chi connectivity index (χ2v) is 3.92. The van der Waals surface area contributed by atoms with Crippen molar-refractivity contribution in [1.29, 1.82) is 0 Å². The third kappa shape index (κ3) is 3.35. The Hall–Kier alpha value is -0.560. The maximum atomic E-state index is 4.02. The van der Waals surface area contributed by atoms with Crippen LogP contribution >= 0.6 is 0 Å². The Bertz CT molecular complexity index is 197. The molecule has 0 saturated carbocycles. The molecular formula is C12H21N. The zero-order chi connectivity index (χ0) is 9.68. The van der Waals surface area contributed by atoms with Crippen LogP contribution in [-0.2, 0) is 0 Å². The van der Waals surface area contributed by atoms with E-state index in [0.29, 0.717) is 0 Å². The maximum Gasteiger partial charge on any atom is -0.00432 e. The molecule has 0 aliphatic carbocycles. The first-order chi connectivity index (χ1) is 6.24. The fourth-order valence-electron chi connectivity index (χ4n) is 1.82. The molecule has 0 aromatic heterocycles. The van der Waals surface area contributed by atoms with Gasteiger partial charge in [-0.15, -0.1) is 0 Å². The fraction of sp³-hybridized carbons (Fsp3) is 0.667. The SMILES string of the molecule is C=C(/C=C(/C)C1CCNCC1)CC. The Morgan fingerprint density at radius 1 is 1.46 bits per heavy atom. The quantitative estimate of drug-likeness (QED) is 0.657. The number of allylic oxidation sites excluding steroid dienone is 3. The van der Waals surface area contributed by atoms with Crippen LogP contribution in [0.3, 0.4) is 0 Å². The number of nitrogens with one attached hydrogen (secondary N) is 1. The zero-order valence-electron chi connectivity index (χ0n) is 8.90. The summed E-state index contributed by atoms with van der Waals surface area (Å²) in [5.41, 5.74) is 2.78. The molecule has 0 bridgehead atoms. The van der Waals surface area contributed by atoms with Crippen molar-refractivity contribution in [2.45, 2.75) is 33.1 Å². The van der Waals surface area contributed by atoms with Gasteiger partial charge in [0.05, 0.1) is 0 Å². The summed E-state index contributed by atoms with van der Waals surface area (Å²) in [6, 6.07) is 0. The molecule has 0 unspecified atom stereocenters. The number of piperidine rings is 1. The highest BCUT2D eigenvalue weighted by Gasteiger charge is 2.13. The molecule has 1 fully saturated rings. The van der Waals surface area contributed by atoms with Crippen LogP contribution in [0.4, 0.5) is 0 Å². The molecule has 0 spiro atoms. The Morgan fingerprint density at radius 3 is 2.62 bits per heavy atom. The van der Waals surface area contributed by atoms with E-state index in [2.05, 4.69) is 31.8 Å². The highest BCUT2D eigenvalue weighted by atomic mass is 14.9. The van der Waals surface area contributed by atoms with Crippen LogP contribution in [0, 0.1) is 5.92 Å². The van der Waals surface area contributed by atoms with E-state index in [4.69, 9.17) is 0 Å². The Kier molecular flexibility index (Phi) is 4.23. The van der Waals surface area contributed by atoms with Gasteiger partial charge in [0.2, 0.25) is 0 Å². The lowest BCUT2D eigenvalue weighted by molar-refractivity contribution is 0.419. The van der Waals surface area contributed by atoms with Crippen molar-refractivity contribution >= 4 is 0 Å². The highest BCUT2D eigenvalue weighted by molar-refractivity contribution is 5.21. The molecule has 0 radical (unpaired) electrons. The fourth-order valence-corrected chi connectivity index (χ4v) is 1.82. The molecule has 0 amide bonds. The van der Waals surface area contributed by atoms with Crippen molar-refractivity contribution in [1.82, 2.24) is 5.32 Å². The molecule has 0 atom stereocenters. The van der Waals surface area contributed by atoms with Gasteiger partial charge in [0.25, 0.3) is 0 Å².